The van der Waals surface area contributed by atoms with Gasteiger partial charge in [0, 0.05) is 26.2 Å². The number of likely N-dealkylation sites (N-methyl/N-ethyl adjacent to an activating group) is 1. The van der Waals surface area contributed by atoms with Crippen LogP contribution in [0.1, 0.15) is 17.9 Å². The van der Waals surface area contributed by atoms with Gasteiger partial charge in [0.2, 0.25) is 5.91 Å². The highest BCUT2D eigenvalue weighted by atomic mass is 16.5. The second-order valence-electron chi connectivity index (χ2n) is 7.49. The van der Waals surface area contributed by atoms with E-state index in [1.807, 2.05) is 11.9 Å². The minimum absolute atomic E-state index is 0.0343. The van der Waals surface area contributed by atoms with Gasteiger partial charge in [-0.2, -0.15) is 0 Å². The number of rotatable bonds is 5. The number of urea groups is 1. The number of aryl methyl sites for hydroxylation is 2. The van der Waals surface area contributed by atoms with Crippen LogP contribution in [0.25, 0.3) is 0 Å². The number of anilines is 1. The van der Waals surface area contributed by atoms with Gasteiger partial charge in [-0.25, -0.2) is 4.79 Å². The van der Waals surface area contributed by atoms with Crippen molar-refractivity contribution in [3.05, 3.63) is 23.6 Å². The molecule has 1 aromatic heterocycles. The molecule has 0 aromatic carbocycles. The molecule has 1 aromatic rings. The highest BCUT2D eigenvalue weighted by Crippen LogP contribution is 2.20. The van der Waals surface area contributed by atoms with E-state index in [9.17, 15) is 14.7 Å². The van der Waals surface area contributed by atoms with Gasteiger partial charge in [0.1, 0.15) is 17.5 Å². The Labute approximate surface area is 169 Å². The number of nitrogens with zero attached hydrogens (tertiary/aromatic N) is 3. The third kappa shape index (κ3) is 5.34. The normalized spacial score (nSPS) is 25.1. The molecule has 0 unspecified atom stereocenters. The van der Waals surface area contributed by atoms with E-state index in [-0.39, 0.29) is 18.9 Å². The standard InChI is InChI=1S/C19H29N5O5/c1-12-18(13(2)29-22-12)21-19(27)20-15-5-4-14(28-16(15)11-25)10-17(26)24-8-6-23(3)7-9-24/h4-5,14-16,25H,6-11H2,1-3H3,(H2,20,21,27)/t14-,15-,16+/m1/s1. The molecule has 10 nitrogen and oxygen atoms in total. The van der Waals surface area contributed by atoms with Gasteiger partial charge in [0.15, 0.2) is 5.76 Å². The van der Waals surface area contributed by atoms with Gasteiger partial charge in [-0.3, -0.25) is 4.79 Å². The SMILES string of the molecule is Cc1noc(C)c1NC(=O)N[C@@H]1C=C[C@H](CC(=O)N2CCN(C)CC2)O[C@H]1CO. The van der Waals surface area contributed by atoms with Gasteiger partial charge in [-0.1, -0.05) is 17.3 Å². The van der Waals surface area contributed by atoms with E-state index in [4.69, 9.17) is 9.26 Å². The number of ether oxygens (including phenoxy) is 1. The first kappa shape index (κ1) is 21.3. The smallest absolute Gasteiger partial charge is 0.319 e. The lowest BCUT2D eigenvalue weighted by Crippen LogP contribution is -2.51. The predicted molar refractivity (Wildman–Crippen MR) is 106 cm³/mol. The molecule has 3 rings (SSSR count). The van der Waals surface area contributed by atoms with E-state index < -0.39 is 24.3 Å². The van der Waals surface area contributed by atoms with Crippen LogP contribution in [0.5, 0.6) is 0 Å². The molecule has 0 spiro atoms. The molecular formula is C19H29N5O5. The maximum atomic E-state index is 12.5. The Bertz CT molecular complexity index is 737. The first-order valence-corrected chi connectivity index (χ1v) is 9.78. The molecule has 1 saturated heterocycles. The van der Waals surface area contributed by atoms with Gasteiger partial charge < -0.3 is 34.8 Å². The van der Waals surface area contributed by atoms with E-state index in [2.05, 4.69) is 20.7 Å². The third-order valence-corrected chi connectivity index (χ3v) is 5.26. The lowest BCUT2D eigenvalue weighted by molar-refractivity contribution is -0.137. The number of carbonyl (C=O) groups is 2. The second kappa shape index (κ2) is 9.38. The molecular weight excluding hydrogens is 378 g/mol. The molecule has 0 aliphatic carbocycles. The Morgan fingerprint density at radius 1 is 1.24 bits per heavy atom. The predicted octanol–water partition coefficient (Wildman–Crippen LogP) is 0.262. The molecule has 2 aliphatic heterocycles. The van der Waals surface area contributed by atoms with Crippen LogP contribution >= 0.6 is 0 Å². The fourth-order valence-corrected chi connectivity index (χ4v) is 3.46. The topological polar surface area (TPSA) is 120 Å². The van der Waals surface area contributed by atoms with E-state index in [1.54, 1.807) is 26.0 Å². The molecule has 160 valence electrons. The van der Waals surface area contributed by atoms with Crippen LogP contribution in [0.2, 0.25) is 0 Å². The van der Waals surface area contributed by atoms with Gasteiger partial charge in [-0.05, 0) is 20.9 Å². The van der Waals surface area contributed by atoms with Crippen molar-refractivity contribution in [2.24, 2.45) is 0 Å². The Morgan fingerprint density at radius 2 is 1.97 bits per heavy atom. The first-order chi connectivity index (χ1) is 13.9. The fourth-order valence-electron chi connectivity index (χ4n) is 3.46. The van der Waals surface area contributed by atoms with Crippen molar-refractivity contribution in [2.45, 2.75) is 38.5 Å². The largest absolute Gasteiger partial charge is 0.394 e. The van der Waals surface area contributed by atoms with E-state index in [1.165, 1.54) is 0 Å². The summed E-state index contributed by atoms with van der Waals surface area (Å²) < 4.78 is 10.9. The van der Waals surface area contributed by atoms with E-state index in [0.29, 0.717) is 30.2 Å². The number of piperazine rings is 1. The van der Waals surface area contributed by atoms with Crippen LogP contribution in [-0.4, -0.2) is 90.1 Å². The second-order valence-corrected chi connectivity index (χ2v) is 7.49. The molecule has 10 heteroatoms. The molecule has 3 atom stereocenters. The summed E-state index contributed by atoms with van der Waals surface area (Å²) in [4.78, 5) is 28.8. The summed E-state index contributed by atoms with van der Waals surface area (Å²) in [5.41, 5.74) is 1.09. The maximum Gasteiger partial charge on any atom is 0.319 e. The minimum atomic E-state index is -0.638. The van der Waals surface area contributed by atoms with Crippen molar-refractivity contribution in [3.8, 4) is 0 Å². The van der Waals surface area contributed by atoms with Crippen LogP contribution in [-0.2, 0) is 9.53 Å². The van der Waals surface area contributed by atoms with Crippen molar-refractivity contribution in [1.82, 2.24) is 20.3 Å². The van der Waals surface area contributed by atoms with Gasteiger partial charge in [-0.15, -0.1) is 0 Å². The van der Waals surface area contributed by atoms with Crippen LogP contribution in [0.15, 0.2) is 16.7 Å². The zero-order valence-electron chi connectivity index (χ0n) is 17.1. The number of carbonyl (C=O) groups excluding carboxylic acids is 2. The number of amides is 3. The number of aliphatic hydroxyl groups excluding tert-OH is 1. The fraction of sp³-hybridized carbons (Fsp3) is 0.632. The minimum Gasteiger partial charge on any atom is -0.394 e. The number of nitrogens with one attached hydrogen (secondary N) is 2. The highest BCUT2D eigenvalue weighted by Gasteiger charge is 2.30. The van der Waals surface area contributed by atoms with Crippen molar-refractivity contribution >= 4 is 17.6 Å². The summed E-state index contributed by atoms with van der Waals surface area (Å²) in [7, 11) is 2.04. The summed E-state index contributed by atoms with van der Waals surface area (Å²) in [6.07, 6.45) is 2.68. The summed E-state index contributed by atoms with van der Waals surface area (Å²) in [6.45, 7) is 6.30. The average molecular weight is 407 g/mol. The number of hydrogen-bond donors (Lipinski definition) is 3. The summed E-state index contributed by atoms with van der Waals surface area (Å²) in [5, 5.41) is 18.9. The van der Waals surface area contributed by atoms with Crippen LogP contribution in [0, 0.1) is 13.8 Å². The molecule has 0 saturated carbocycles. The number of aromatic nitrogens is 1. The van der Waals surface area contributed by atoms with Crippen molar-refractivity contribution in [2.75, 3.05) is 45.2 Å². The third-order valence-electron chi connectivity index (χ3n) is 5.26. The highest BCUT2D eigenvalue weighted by molar-refractivity contribution is 5.90. The van der Waals surface area contributed by atoms with Crippen LogP contribution < -0.4 is 10.6 Å². The molecule has 29 heavy (non-hydrogen) atoms. The summed E-state index contributed by atoms with van der Waals surface area (Å²) >= 11 is 0. The molecule has 3 N–H and O–H groups in total. The summed E-state index contributed by atoms with van der Waals surface area (Å²) in [6, 6.07) is -0.974. The molecule has 0 bridgehead atoms. The quantitative estimate of drug-likeness (QED) is 0.599. The summed E-state index contributed by atoms with van der Waals surface area (Å²) in [5.74, 6) is 0.543. The lowest BCUT2D eigenvalue weighted by Gasteiger charge is -2.35. The molecule has 3 amide bonds. The molecule has 2 aliphatic rings. The van der Waals surface area contributed by atoms with Crippen LogP contribution in [0.3, 0.4) is 0 Å². The maximum absolute atomic E-state index is 12.5. The Balaban J connectivity index is 1.54. The molecule has 0 radical (unpaired) electrons. The number of hydrogen-bond acceptors (Lipinski definition) is 7. The van der Waals surface area contributed by atoms with Crippen molar-refractivity contribution in [1.29, 1.82) is 0 Å². The monoisotopic (exact) mass is 407 g/mol. The molecule has 3 heterocycles. The lowest BCUT2D eigenvalue weighted by atomic mass is 10.0. The Morgan fingerprint density at radius 3 is 2.59 bits per heavy atom. The Kier molecular flexibility index (Phi) is 6.88. The zero-order chi connectivity index (χ0) is 21.0. The average Bonchev–Trinajstić information content (AvgIpc) is 3.01. The van der Waals surface area contributed by atoms with Crippen molar-refractivity contribution < 1.29 is 24.0 Å². The van der Waals surface area contributed by atoms with Gasteiger partial charge in [0.25, 0.3) is 0 Å². The van der Waals surface area contributed by atoms with Gasteiger partial charge >= 0.3 is 6.03 Å². The zero-order valence-corrected chi connectivity index (χ0v) is 17.1. The van der Waals surface area contributed by atoms with E-state index in [0.717, 1.165) is 13.1 Å². The first-order valence-electron chi connectivity index (χ1n) is 9.78. The van der Waals surface area contributed by atoms with Crippen LogP contribution in [0.4, 0.5) is 10.5 Å². The van der Waals surface area contributed by atoms with Crippen molar-refractivity contribution in [3.63, 3.8) is 0 Å². The molecule has 1 fully saturated rings. The Hall–Kier alpha value is -2.43. The van der Waals surface area contributed by atoms with E-state index >= 15 is 0 Å². The van der Waals surface area contributed by atoms with Gasteiger partial charge in [0.05, 0.1) is 25.2 Å². The number of aliphatic hydroxyl groups is 1.